The Kier molecular flexibility index (Phi) is 3.69. The molecule has 3 rings (SSSR count). The van der Waals surface area contributed by atoms with Gasteiger partial charge in [-0.3, -0.25) is 4.79 Å². The van der Waals surface area contributed by atoms with Crippen LogP contribution in [0.1, 0.15) is 11.1 Å². The van der Waals surface area contributed by atoms with Crippen LogP contribution in [0.3, 0.4) is 0 Å². The van der Waals surface area contributed by atoms with Crippen molar-refractivity contribution < 1.29 is 13.2 Å². The van der Waals surface area contributed by atoms with Gasteiger partial charge in [-0.05, 0) is 17.5 Å². The number of fused-ring (bicyclic) bond motifs is 1. The van der Waals surface area contributed by atoms with Crippen molar-refractivity contribution in [3.8, 4) is 0 Å². The van der Waals surface area contributed by atoms with Gasteiger partial charge in [-0.25, -0.2) is 8.42 Å². The van der Waals surface area contributed by atoms with E-state index in [1.165, 1.54) is 23.5 Å². The summed E-state index contributed by atoms with van der Waals surface area (Å²) >= 11 is 0. The van der Waals surface area contributed by atoms with Crippen molar-refractivity contribution in [3.05, 3.63) is 41.7 Å². The molecule has 1 amide bonds. The van der Waals surface area contributed by atoms with E-state index in [4.69, 9.17) is 0 Å². The average molecular weight is 320 g/mol. The molecule has 116 valence electrons. The van der Waals surface area contributed by atoms with Crippen molar-refractivity contribution in [2.24, 2.45) is 7.05 Å². The first-order chi connectivity index (χ1) is 10.5. The normalized spacial score (nSPS) is 14.7. The first kappa shape index (κ1) is 14.7. The quantitative estimate of drug-likeness (QED) is 0.805. The predicted molar refractivity (Wildman–Crippen MR) is 78.6 cm³/mol. The standard InChI is InChI=1S/C14H16N4O3S/c1-17-10-15-16-14(17)22(20,21)9-13(19)18-7-6-11-4-2-3-5-12(11)8-18/h2-5,10H,6-9H2,1H3. The van der Waals surface area contributed by atoms with Crippen LogP contribution in [0.4, 0.5) is 0 Å². The molecule has 8 heteroatoms. The summed E-state index contributed by atoms with van der Waals surface area (Å²) in [5, 5.41) is 6.94. The third-order valence-corrected chi connectivity index (χ3v) is 5.30. The molecule has 0 radical (unpaired) electrons. The fourth-order valence-corrected chi connectivity index (χ4v) is 3.88. The maximum atomic E-state index is 12.3. The van der Waals surface area contributed by atoms with Gasteiger partial charge in [0.05, 0.1) is 0 Å². The minimum atomic E-state index is -3.78. The van der Waals surface area contributed by atoms with Gasteiger partial charge in [-0.1, -0.05) is 24.3 Å². The maximum absolute atomic E-state index is 12.3. The molecule has 0 spiro atoms. The molecule has 1 aliphatic rings. The van der Waals surface area contributed by atoms with Crippen molar-refractivity contribution in [1.82, 2.24) is 19.7 Å². The molecule has 22 heavy (non-hydrogen) atoms. The number of sulfone groups is 1. The minimum Gasteiger partial charge on any atom is -0.337 e. The zero-order valence-corrected chi connectivity index (χ0v) is 13.0. The van der Waals surface area contributed by atoms with Gasteiger partial charge >= 0.3 is 0 Å². The second kappa shape index (κ2) is 5.53. The molecule has 0 bridgehead atoms. The highest BCUT2D eigenvalue weighted by atomic mass is 32.2. The zero-order chi connectivity index (χ0) is 15.7. The first-order valence-electron chi connectivity index (χ1n) is 6.89. The average Bonchev–Trinajstić information content (AvgIpc) is 2.93. The summed E-state index contributed by atoms with van der Waals surface area (Å²) in [6.45, 7) is 0.980. The van der Waals surface area contributed by atoms with Crippen LogP contribution in [0.15, 0.2) is 35.7 Å². The Bertz CT molecular complexity index is 813. The highest BCUT2D eigenvalue weighted by Gasteiger charge is 2.28. The lowest BCUT2D eigenvalue weighted by Gasteiger charge is -2.28. The van der Waals surface area contributed by atoms with Crippen LogP contribution in [-0.2, 0) is 34.6 Å². The van der Waals surface area contributed by atoms with E-state index in [2.05, 4.69) is 10.2 Å². The number of aromatic nitrogens is 3. The number of benzene rings is 1. The molecule has 0 saturated heterocycles. The Morgan fingerprint density at radius 1 is 1.27 bits per heavy atom. The van der Waals surface area contributed by atoms with Crippen LogP contribution in [0.5, 0.6) is 0 Å². The second-order valence-corrected chi connectivity index (χ2v) is 7.20. The predicted octanol–water partition coefficient (Wildman–Crippen LogP) is 0.174. The molecular formula is C14H16N4O3S. The van der Waals surface area contributed by atoms with Crippen molar-refractivity contribution in [3.63, 3.8) is 0 Å². The summed E-state index contributed by atoms with van der Waals surface area (Å²) in [6, 6.07) is 7.89. The number of carbonyl (C=O) groups excluding carboxylic acids is 1. The van der Waals surface area contributed by atoms with Crippen LogP contribution in [0.25, 0.3) is 0 Å². The van der Waals surface area contributed by atoms with Gasteiger partial charge in [0.15, 0.2) is 0 Å². The van der Waals surface area contributed by atoms with Crippen LogP contribution in [-0.4, -0.2) is 46.3 Å². The summed E-state index contributed by atoms with van der Waals surface area (Å²) in [7, 11) is -2.24. The fraction of sp³-hybridized carbons (Fsp3) is 0.357. The first-order valence-corrected chi connectivity index (χ1v) is 8.54. The highest BCUT2D eigenvalue weighted by Crippen LogP contribution is 2.19. The topological polar surface area (TPSA) is 85.2 Å². The van der Waals surface area contributed by atoms with E-state index >= 15 is 0 Å². The lowest BCUT2D eigenvalue weighted by atomic mass is 10.00. The molecular weight excluding hydrogens is 304 g/mol. The Morgan fingerprint density at radius 2 is 2.00 bits per heavy atom. The smallest absolute Gasteiger partial charge is 0.249 e. The third kappa shape index (κ3) is 2.74. The van der Waals surface area contributed by atoms with Gasteiger partial charge in [0.25, 0.3) is 0 Å². The van der Waals surface area contributed by atoms with E-state index in [-0.39, 0.29) is 5.16 Å². The molecule has 1 aromatic carbocycles. The van der Waals surface area contributed by atoms with Crippen molar-refractivity contribution >= 4 is 15.7 Å². The zero-order valence-electron chi connectivity index (χ0n) is 12.1. The van der Waals surface area contributed by atoms with E-state index in [9.17, 15) is 13.2 Å². The number of carbonyl (C=O) groups is 1. The van der Waals surface area contributed by atoms with Crippen molar-refractivity contribution in [2.75, 3.05) is 12.3 Å². The summed E-state index contributed by atoms with van der Waals surface area (Å²) in [4.78, 5) is 13.9. The number of rotatable bonds is 3. The summed E-state index contributed by atoms with van der Waals surface area (Å²) < 4.78 is 25.8. The minimum absolute atomic E-state index is 0.182. The van der Waals surface area contributed by atoms with E-state index in [1.54, 1.807) is 4.90 Å². The molecule has 0 aliphatic carbocycles. The van der Waals surface area contributed by atoms with Crippen LogP contribution < -0.4 is 0 Å². The highest BCUT2D eigenvalue weighted by molar-refractivity contribution is 7.91. The van der Waals surface area contributed by atoms with Gasteiger partial charge in [0.1, 0.15) is 12.1 Å². The molecule has 0 unspecified atom stereocenters. The van der Waals surface area contributed by atoms with Gasteiger partial charge in [0.2, 0.25) is 20.9 Å². The molecule has 0 N–H and O–H groups in total. The van der Waals surface area contributed by atoms with E-state index in [0.717, 1.165) is 12.0 Å². The fourth-order valence-electron chi connectivity index (χ4n) is 2.58. The van der Waals surface area contributed by atoms with Crippen LogP contribution >= 0.6 is 0 Å². The molecule has 1 aliphatic heterocycles. The number of amides is 1. The van der Waals surface area contributed by atoms with Crippen LogP contribution in [0.2, 0.25) is 0 Å². The lowest BCUT2D eigenvalue weighted by Crippen LogP contribution is -2.39. The number of nitrogens with zero attached hydrogens (tertiary/aromatic N) is 4. The van der Waals surface area contributed by atoms with Gasteiger partial charge in [-0.2, -0.15) is 0 Å². The molecule has 0 fully saturated rings. The van der Waals surface area contributed by atoms with Crippen molar-refractivity contribution in [1.29, 1.82) is 0 Å². The molecule has 1 aromatic heterocycles. The van der Waals surface area contributed by atoms with Crippen molar-refractivity contribution in [2.45, 2.75) is 18.1 Å². The molecule has 2 heterocycles. The Morgan fingerprint density at radius 3 is 2.68 bits per heavy atom. The molecule has 7 nitrogen and oxygen atoms in total. The lowest BCUT2D eigenvalue weighted by molar-refractivity contribution is -0.129. The van der Waals surface area contributed by atoms with E-state index in [1.807, 2.05) is 24.3 Å². The number of hydrogen-bond acceptors (Lipinski definition) is 5. The SMILES string of the molecule is Cn1cnnc1S(=O)(=O)CC(=O)N1CCc2ccccc2C1. The van der Waals surface area contributed by atoms with Crippen LogP contribution in [0, 0.1) is 0 Å². The van der Waals surface area contributed by atoms with Gasteiger partial charge in [0, 0.05) is 20.1 Å². The second-order valence-electron chi connectivity index (χ2n) is 5.32. The Hall–Kier alpha value is -2.22. The van der Waals surface area contributed by atoms with Gasteiger partial charge in [-0.15, -0.1) is 10.2 Å². The van der Waals surface area contributed by atoms with E-state index in [0.29, 0.717) is 13.1 Å². The van der Waals surface area contributed by atoms with E-state index < -0.39 is 21.5 Å². The van der Waals surface area contributed by atoms with Gasteiger partial charge < -0.3 is 9.47 Å². The summed E-state index contributed by atoms with van der Waals surface area (Å²) in [5.74, 6) is -0.987. The Balaban J connectivity index is 1.75. The molecule has 0 atom stereocenters. The number of hydrogen-bond donors (Lipinski definition) is 0. The molecule has 0 saturated carbocycles. The Labute approximate surface area is 128 Å². The summed E-state index contributed by atoms with van der Waals surface area (Å²) in [5.41, 5.74) is 2.28. The number of aryl methyl sites for hydroxylation is 1. The third-order valence-electron chi connectivity index (χ3n) is 3.74. The largest absolute Gasteiger partial charge is 0.337 e. The maximum Gasteiger partial charge on any atom is 0.249 e. The molecule has 2 aromatic rings. The summed E-state index contributed by atoms with van der Waals surface area (Å²) in [6.07, 6.45) is 2.04. The monoisotopic (exact) mass is 320 g/mol.